The Morgan fingerprint density at radius 2 is 2.39 bits per heavy atom. The third kappa shape index (κ3) is 2.59. The summed E-state index contributed by atoms with van der Waals surface area (Å²) in [7, 11) is 1.31. The Morgan fingerprint density at radius 3 is 3.00 bits per heavy atom. The average molecular weight is 381 g/mol. The lowest BCUT2D eigenvalue weighted by Gasteiger charge is -2.15. The highest BCUT2D eigenvalue weighted by Crippen LogP contribution is 2.27. The molecule has 2 heterocycles. The third-order valence-corrected chi connectivity index (χ3v) is 4.22. The first-order chi connectivity index (χ1) is 8.52. The number of pyridine rings is 1. The number of esters is 1. The lowest BCUT2D eigenvalue weighted by molar-refractivity contribution is -0.145. The van der Waals surface area contributed by atoms with Crippen LogP contribution in [0.4, 0.5) is 5.82 Å². The summed E-state index contributed by atoms with van der Waals surface area (Å²) >= 11 is 8.05. The van der Waals surface area contributed by atoms with Gasteiger partial charge in [-0.3, -0.25) is 14.5 Å². The molecule has 0 bridgehead atoms. The zero-order chi connectivity index (χ0) is 13.3. The minimum Gasteiger partial charge on any atom is -0.469 e. The van der Waals surface area contributed by atoms with Gasteiger partial charge in [-0.15, -0.1) is 0 Å². The first-order valence-corrected chi connectivity index (χ1v) is 6.68. The number of hydrogen-bond donors (Lipinski definition) is 0. The molecule has 7 heteroatoms. The van der Waals surface area contributed by atoms with Crippen molar-refractivity contribution in [3.63, 3.8) is 0 Å². The highest BCUT2D eigenvalue weighted by Gasteiger charge is 2.36. The second-order valence-corrected chi connectivity index (χ2v) is 5.45. The Labute approximate surface area is 123 Å². The van der Waals surface area contributed by atoms with Gasteiger partial charge in [-0.2, -0.15) is 0 Å². The van der Waals surface area contributed by atoms with Crippen molar-refractivity contribution in [1.29, 1.82) is 0 Å². The van der Waals surface area contributed by atoms with Gasteiger partial charge in [0.1, 0.15) is 5.82 Å². The van der Waals surface area contributed by atoms with E-state index in [1.807, 2.05) is 0 Å². The van der Waals surface area contributed by atoms with Crippen molar-refractivity contribution in [1.82, 2.24) is 4.98 Å². The van der Waals surface area contributed by atoms with Gasteiger partial charge in [-0.1, -0.05) is 11.6 Å². The van der Waals surface area contributed by atoms with Gasteiger partial charge < -0.3 is 4.74 Å². The summed E-state index contributed by atoms with van der Waals surface area (Å²) in [6.07, 6.45) is 1.74. The molecule has 1 saturated heterocycles. The van der Waals surface area contributed by atoms with E-state index in [1.165, 1.54) is 12.0 Å². The molecule has 0 N–H and O–H groups in total. The molecule has 5 nitrogen and oxygen atoms in total. The Balaban J connectivity index is 2.21. The quantitative estimate of drug-likeness (QED) is 0.580. The normalized spacial score (nSPS) is 19.2. The Hall–Kier alpha value is -0.890. The molecule has 1 aromatic heterocycles. The van der Waals surface area contributed by atoms with Gasteiger partial charge in [0.25, 0.3) is 0 Å². The first kappa shape index (κ1) is 13.5. The molecule has 1 atom stereocenters. The zero-order valence-corrected chi connectivity index (χ0v) is 12.4. The van der Waals surface area contributed by atoms with E-state index in [9.17, 15) is 9.59 Å². The molecule has 2 rings (SSSR count). The summed E-state index contributed by atoms with van der Waals surface area (Å²) in [6.45, 7) is 0.287. The van der Waals surface area contributed by atoms with E-state index in [0.29, 0.717) is 10.8 Å². The van der Waals surface area contributed by atoms with E-state index in [4.69, 9.17) is 11.6 Å². The van der Waals surface area contributed by atoms with Crippen LogP contribution in [-0.4, -0.2) is 30.5 Å². The lowest BCUT2D eigenvalue weighted by atomic mass is 10.1. The molecule has 96 valence electrons. The minimum absolute atomic E-state index is 0.143. The molecule has 0 aromatic carbocycles. The van der Waals surface area contributed by atoms with Crippen molar-refractivity contribution in [3.8, 4) is 0 Å². The van der Waals surface area contributed by atoms with Gasteiger partial charge in [0.2, 0.25) is 5.91 Å². The highest BCUT2D eigenvalue weighted by atomic mass is 127. The maximum atomic E-state index is 11.8. The molecule has 1 amide bonds. The van der Waals surface area contributed by atoms with E-state index in [2.05, 4.69) is 32.3 Å². The van der Waals surface area contributed by atoms with Crippen molar-refractivity contribution < 1.29 is 14.3 Å². The van der Waals surface area contributed by atoms with Crippen molar-refractivity contribution in [2.24, 2.45) is 5.92 Å². The molecular formula is C11H10ClIN2O3. The molecule has 0 radical (unpaired) electrons. The lowest BCUT2D eigenvalue weighted by Crippen LogP contribution is -2.27. The Morgan fingerprint density at radius 1 is 1.67 bits per heavy atom. The van der Waals surface area contributed by atoms with Crippen LogP contribution >= 0.6 is 34.2 Å². The predicted molar refractivity (Wildman–Crippen MR) is 74.4 cm³/mol. The fraction of sp³-hybridized carbons (Fsp3) is 0.364. The van der Waals surface area contributed by atoms with Gasteiger partial charge in [0.15, 0.2) is 0 Å². The number of hydrogen-bond acceptors (Lipinski definition) is 4. The summed E-state index contributed by atoms with van der Waals surface area (Å²) in [6, 6.07) is 1.63. The minimum atomic E-state index is -0.428. The average Bonchev–Trinajstić information content (AvgIpc) is 2.74. The number of rotatable bonds is 2. The van der Waals surface area contributed by atoms with Crippen molar-refractivity contribution in [2.45, 2.75) is 6.42 Å². The first-order valence-electron chi connectivity index (χ1n) is 5.22. The molecule has 0 spiro atoms. The molecule has 0 saturated carbocycles. The van der Waals surface area contributed by atoms with Crippen LogP contribution in [0, 0.1) is 9.49 Å². The van der Waals surface area contributed by atoms with Crippen molar-refractivity contribution in [3.05, 3.63) is 20.9 Å². The topological polar surface area (TPSA) is 59.5 Å². The number of anilines is 1. The number of carbonyl (C=O) groups is 2. The van der Waals surface area contributed by atoms with Gasteiger partial charge in [0, 0.05) is 25.2 Å². The van der Waals surface area contributed by atoms with Gasteiger partial charge in [-0.25, -0.2) is 4.98 Å². The molecule has 1 fully saturated rings. The molecule has 1 unspecified atom stereocenters. The van der Waals surface area contributed by atoms with Crippen LogP contribution in [0.25, 0.3) is 0 Å². The van der Waals surface area contributed by atoms with E-state index in [0.717, 1.165) is 3.57 Å². The van der Waals surface area contributed by atoms with Crippen molar-refractivity contribution in [2.75, 3.05) is 18.6 Å². The van der Waals surface area contributed by atoms with Gasteiger partial charge >= 0.3 is 5.97 Å². The fourth-order valence-electron chi connectivity index (χ4n) is 1.81. The number of amides is 1. The summed E-state index contributed by atoms with van der Waals surface area (Å²) in [5, 5.41) is 0.537. The molecule has 1 aliphatic heterocycles. The summed E-state index contributed by atoms with van der Waals surface area (Å²) in [4.78, 5) is 28.9. The number of nitrogens with zero attached hydrogens (tertiary/aromatic N) is 2. The molecule has 1 aliphatic rings. The number of methoxy groups -OCH3 is 1. The largest absolute Gasteiger partial charge is 0.469 e. The van der Waals surface area contributed by atoms with Crippen molar-refractivity contribution >= 4 is 51.9 Å². The smallest absolute Gasteiger partial charge is 0.311 e. The molecular weight excluding hydrogens is 370 g/mol. The SMILES string of the molecule is COC(=O)C1CC(=O)N(c2cc(Cl)c(I)cn2)C1. The number of carbonyl (C=O) groups excluding carboxylic acids is 2. The highest BCUT2D eigenvalue weighted by molar-refractivity contribution is 14.1. The molecule has 0 aliphatic carbocycles. The van der Waals surface area contributed by atoms with Crippen LogP contribution in [0.15, 0.2) is 12.3 Å². The Kier molecular flexibility index (Phi) is 4.06. The van der Waals surface area contributed by atoms with E-state index < -0.39 is 5.92 Å². The second kappa shape index (κ2) is 5.40. The maximum absolute atomic E-state index is 11.8. The fourth-order valence-corrected chi connectivity index (χ4v) is 2.25. The van der Waals surface area contributed by atoms with E-state index >= 15 is 0 Å². The standard InChI is InChI=1S/C11H10ClIN2O3/c1-18-11(17)6-2-10(16)15(5-6)9-3-7(12)8(13)4-14-9/h3-4,6H,2,5H2,1H3. The monoisotopic (exact) mass is 380 g/mol. The van der Waals surface area contributed by atoms with Gasteiger partial charge in [0.05, 0.1) is 21.6 Å². The summed E-state index contributed by atoms with van der Waals surface area (Å²) in [5.41, 5.74) is 0. The Bertz CT molecular complexity index is 509. The number of aromatic nitrogens is 1. The van der Waals surface area contributed by atoms with Crippen LogP contribution in [0.2, 0.25) is 5.02 Å². The van der Waals surface area contributed by atoms with Crippen LogP contribution < -0.4 is 4.90 Å². The third-order valence-electron chi connectivity index (χ3n) is 2.73. The number of ether oxygens (including phenoxy) is 1. The van der Waals surface area contributed by atoms with E-state index in [-0.39, 0.29) is 24.8 Å². The maximum Gasteiger partial charge on any atom is 0.311 e. The van der Waals surface area contributed by atoms with Crippen LogP contribution in [0.3, 0.4) is 0 Å². The van der Waals surface area contributed by atoms with E-state index in [1.54, 1.807) is 12.3 Å². The predicted octanol–water partition coefficient (Wildman–Crippen LogP) is 1.87. The number of halogens is 2. The summed E-state index contributed by atoms with van der Waals surface area (Å²) in [5.74, 6) is -0.475. The molecule has 18 heavy (non-hydrogen) atoms. The van der Waals surface area contributed by atoms with Crippen LogP contribution in [0.1, 0.15) is 6.42 Å². The second-order valence-electron chi connectivity index (χ2n) is 3.89. The summed E-state index contributed by atoms with van der Waals surface area (Å²) < 4.78 is 5.46. The van der Waals surface area contributed by atoms with Gasteiger partial charge in [-0.05, 0) is 22.6 Å². The molecule has 1 aromatic rings. The zero-order valence-electron chi connectivity index (χ0n) is 9.52. The van der Waals surface area contributed by atoms with Crippen LogP contribution in [-0.2, 0) is 14.3 Å². The van der Waals surface area contributed by atoms with Crippen LogP contribution in [0.5, 0.6) is 0 Å².